The summed E-state index contributed by atoms with van der Waals surface area (Å²) in [5.74, 6) is 0.938. The Morgan fingerprint density at radius 1 is 1.10 bits per heavy atom. The van der Waals surface area contributed by atoms with Gasteiger partial charge in [0.25, 0.3) is 0 Å². The standard InChI is InChI=1S/C9H15N/c1-2-4-9-6-5-8(3-1)7-10-9/h1-2,8-10H,3-7H2. The van der Waals surface area contributed by atoms with Gasteiger partial charge in [-0.15, -0.1) is 0 Å². The molecule has 1 saturated heterocycles. The summed E-state index contributed by atoms with van der Waals surface area (Å²) < 4.78 is 0. The fraction of sp³-hybridized carbons (Fsp3) is 0.778. The van der Waals surface area contributed by atoms with E-state index in [1.54, 1.807) is 0 Å². The zero-order valence-corrected chi connectivity index (χ0v) is 6.34. The molecule has 2 unspecified atom stereocenters. The van der Waals surface area contributed by atoms with Gasteiger partial charge < -0.3 is 5.32 Å². The van der Waals surface area contributed by atoms with E-state index in [0.29, 0.717) is 0 Å². The zero-order chi connectivity index (χ0) is 6.81. The first kappa shape index (κ1) is 6.41. The third-order valence-corrected chi connectivity index (χ3v) is 2.68. The maximum atomic E-state index is 3.57. The van der Waals surface area contributed by atoms with Crippen LogP contribution in [0.15, 0.2) is 12.2 Å². The van der Waals surface area contributed by atoms with E-state index in [0.717, 1.165) is 12.0 Å². The van der Waals surface area contributed by atoms with E-state index in [4.69, 9.17) is 0 Å². The van der Waals surface area contributed by atoms with Crippen LogP contribution in [0.3, 0.4) is 0 Å². The van der Waals surface area contributed by atoms with Gasteiger partial charge in [0.05, 0.1) is 0 Å². The Hall–Kier alpha value is -0.300. The highest BCUT2D eigenvalue weighted by atomic mass is 14.9. The lowest BCUT2D eigenvalue weighted by Crippen LogP contribution is -2.39. The molecule has 56 valence electrons. The molecule has 0 aromatic heterocycles. The molecule has 2 heterocycles. The van der Waals surface area contributed by atoms with Crippen LogP contribution in [0.5, 0.6) is 0 Å². The Bertz CT molecular complexity index is 116. The van der Waals surface area contributed by atoms with Gasteiger partial charge in [0.2, 0.25) is 0 Å². The van der Waals surface area contributed by atoms with E-state index >= 15 is 0 Å². The van der Waals surface area contributed by atoms with Gasteiger partial charge in [-0.1, -0.05) is 12.2 Å². The molecule has 0 radical (unpaired) electrons. The lowest BCUT2D eigenvalue weighted by atomic mass is 9.88. The molecule has 1 aliphatic carbocycles. The SMILES string of the molecule is C1=CCC2CCC(C1)CN2. The van der Waals surface area contributed by atoms with Crippen molar-refractivity contribution in [3.05, 3.63) is 12.2 Å². The van der Waals surface area contributed by atoms with Crippen molar-refractivity contribution < 1.29 is 0 Å². The van der Waals surface area contributed by atoms with Crippen LogP contribution in [0, 0.1) is 5.92 Å². The quantitative estimate of drug-likeness (QED) is 0.501. The molecule has 1 fully saturated rings. The third-order valence-electron chi connectivity index (χ3n) is 2.68. The normalized spacial score (nSPS) is 39.2. The lowest BCUT2D eigenvalue weighted by Gasteiger charge is -2.30. The Morgan fingerprint density at radius 3 is 2.80 bits per heavy atom. The van der Waals surface area contributed by atoms with E-state index < -0.39 is 0 Å². The molecule has 1 N–H and O–H groups in total. The third kappa shape index (κ3) is 1.24. The van der Waals surface area contributed by atoms with Crippen LogP contribution in [0.1, 0.15) is 25.7 Å². The number of hydrogen-bond acceptors (Lipinski definition) is 1. The van der Waals surface area contributed by atoms with Gasteiger partial charge in [0.15, 0.2) is 0 Å². The molecule has 0 amide bonds. The summed E-state index contributed by atoms with van der Waals surface area (Å²) in [6.45, 7) is 1.26. The van der Waals surface area contributed by atoms with Crippen molar-refractivity contribution in [1.82, 2.24) is 5.32 Å². The number of nitrogens with one attached hydrogen (secondary N) is 1. The van der Waals surface area contributed by atoms with Gasteiger partial charge in [-0.05, 0) is 38.1 Å². The van der Waals surface area contributed by atoms with Crippen molar-refractivity contribution in [2.45, 2.75) is 31.7 Å². The van der Waals surface area contributed by atoms with Crippen molar-refractivity contribution in [3.8, 4) is 0 Å². The number of allylic oxidation sites excluding steroid dienone is 1. The van der Waals surface area contributed by atoms with Gasteiger partial charge in [-0.2, -0.15) is 0 Å². The number of piperidine rings is 1. The number of hydrogen-bond donors (Lipinski definition) is 1. The number of rotatable bonds is 0. The molecule has 0 saturated carbocycles. The molecule has 3 rings (SSSR count). The second-order valence-corrected chi connectivity index (χ2v) is 3.49. The fourth-order valence-electron chi connectivity index (χ4n) is 1.93. The summed E-state index contributed by atoms with van der Waals surface area (Å²) in [4.78, 5) is 0. The molecule has 1 nitrogen and oxygen atoms in total. The summed E-state index contributed by atoms with van der Waals surface area (Å²) in [5, 5.41) is 3.57. The average molecular weight is 137 g/mol. The van der Waals surface area contributed by atoms with Crippen molar-refractivity contribution in [1.29, 1.82) is 0 Å². The second-order valence-electron chi connectivity index (χ2n) is 3.49. The Kier molecular flexibility index (Phi) is 1.76. The molecule has 0 aromatic carbocycles. The molecule has 1 heteroatoms. The maximum absolute atomic E-state index is 3.57. The topological polar surface area (TPSA) is 12.0 Å². The second kappa shape index (κ2) is 2.75. The van der Waals surface area contributed by atoms with Crippen molar-refractivity contribution in [2.24, 2.45) is 5.92 Å². The van der Waals surface area contributed by atoms with E-state index in [1.165, 1.54) is 32.2 Å². The molecule has 2 bridgehead atoms. The molecular formula is C9H15N. The summed E-state index contributed by atoms with van der Waals surface area (Å²) in [6, 6.07) is 0.799. The molecule has 0 spiro atoms. The van der Waals surface area contributed by atoms with Crippen molar-refractivity contribution >= 4 is 0 Å². The number of fused-ring (bicyclic) bond motifs is 4. The summed E-state index contributed by atoms with van der Waals surface area (Å²) in [5.41, 5.74) is 0. The summed E-state index contributed by atoms with van der Waals surface area (Å²) >= 11 is 0. The first-order chi connectivity index (χ1) is 4.95. The molecule has 3 aliphatic rings. The molecule has 0 aromatic rings. The van der Waals surface area contributed by atoms with Crippen molar-refractivity contribution in [3.63, 3.8) is 0 Å². The van der Waals surface area contributed by atoms with Crippen LogP contribution in [-0.4, -0.2) is 12.6 Å². The van der Waals surface area contributed by atoms with E-state index in [9.17, 15) is 0 Å². The van der Waals surface area contributed by atoms with Gasteiger partial charge in [0.1, 0.15) is 0 Å². The van der Waals surface area contributed by atoms with Crippen LogP contribution in [0.4, 0.5) is 0 Å². The summed E-state index contributed by atoms with van der Waals surface area (Å²) in [7, 11) is 0. The molecule has 2 atom stereocenters. The molecular weight excluding hydrogens is 122 g/mol. The average Bonchev–Trinajstić information content (AvgIpc) is 1.89. The highest BCUT2D eigenvalue weighted by Crippen LogP contribution is 2.22. The largest absolute Gasteiger partial charge is 0.313 e. The van der Waals surface area contributed by atoms with E-state index in [-0.39, 0.29) is 0 Å². The van der Waals surface area contributed by atoms with Crippen LogP contribution in [-0.2, 0) is 0 Å². The molecule has 2 aliphatic heterocycles. The maximum Gasteiger partial charge on any atom is 0.0102 e. The predicted octanol–water partition coefficient (Wildman–Crippen LogP) is 1.70. The summed E-state index contributed by atoms with van der Waals surface area (Å²) in [6.07, 6.45) is 10.1. The zero-order valence-electron chi connectivity index (χ0n) is 6.34. The first-order valence-electron chi connectivity index (χ1n) is 4.33. The van der Waals surface area contributed by atoms with Crippen LogP contribution in [0.25, 0.3) is 0 Å². The minimum Gasteiger partial charge on any atom is -0.313 e. The highest BCUT2D eigenvalue weighted by Gasteiger charge is 2.19. The first-order valence-corrected chi connectivity index (χ1v) is 4.33. The highest BCUT2D eigenvalue weighted by molar-refractivity contribution is 4.94. The van der Waals surface area contributed by atoms with Crippen molar-refractivity contribution in [2.75, 3.05) is 6.54 Å². The lowest BCUT2D eigenvalue weighted by molar-refractivity contribution is 0.306. The van der Waals surface area contributed by atoms with Crippen LogP contribution in [0.2, 0.25) is 0 Å². The minimum absolute atomic E-state index is 0.799. The van der Waals surface area contributed by atoms with Gasteiger partial charge in [0, 0.05) is 6.04 Å². The Morgan fingerprint density at radius 2 is 2.00 bits per heavy atom. The minimum atomic E-state index is 0.799. The van der Waals surface area contributed by atoms with Gasteiger partial charge >= 0.3 is 0 Å². The van der Waals surface area contributed by atoms with Gasteiger partial charge in [-0.3, -0.25) is 0 Å². The van der Waals surface area contributed by atoms with Gasteiger partial charge in [-0.25, -0.2) is 0 Å². The smallest absolute Gasteiger partial charge is 0.0102 e. The van der Waals surface area contributed by atoms with E-state index in [2.05, 4.69) is 17.5 Å². The van der Waals surface area contributed by atoms with Crippen LogP contribution >= 0.6 is 0 Å². The fourth-order valence-corrected chi connectivity index (χ4v) is 1.93. The Balaban J connectivity index is 2.06. The van der Waals surface area contributed by atoms with E-state index in [1.807, 2.05) is 0 Å². The molecule has 10 heavy (non-hydrogen) atoms. The monoisotopic (exact) mass is 137 g/mol. The predicted molar refractivity (Wildman–Crippen MR) is 42.9 cm³/mol. The van der Waals surface area contributed by atoms with Crippen LogP contribution < -0.4 is 5.32 Å². The Labute approximate surface area is 62.5 Å².